The maximum Gasteiger partial charge on any atom is 0.146 e. The molecule has 2 aromatic rings. The Labute approximate surface area is 118 Å². The van der Waals surface area contributed by atoms with Crippen molar-refractivity contribution in [2.24, 2.45) is 7.05 Å². The molecule has 3 rings (SSSR count). The van der Waals surface area contributed by atoms with Gasteiger partial charge in [-0.15, -0.1) is 10.2 Å². The molecule has 0 aliphatic carbocycles. The molecule has 5 nitrogen and oxygen atoms in total. The third-order valence-electron chi connectivity index (χ3n) is 4.22. The van der Waals surface area contributed by atoms with E-state index in [-0.39, 0.29) is 12.6 Å². The lowest BCUT2D eigenvalue weighted by Crippen LogP contribution is -2.37. The van der Waals surface area contributed by atoms with Crippen LogP contribution in [0.5, 0.6) is 0 Å². The van der Waals surface area contributed by atoms with E-state index in [1.165, 1.54) is 11.1 Å². The largest absolute Gasteiger partial charge is 0.394 e. The fourth-order valence-corrected chi connectivity index (χ4v) is 2.88. The van der Waals surface area contributed by atoms with Crippen LogP contribution in [-0.4, -0.2) is 37.9 Å². The van der Waals surface area contributed by atoms with Gasteiger partial charge in [-0.1, -0.05) is 24.3 Å². The van der Waals surface area contributed by atoms with Crippen LogP contribution in [0, 0.1) is 6.92 Å². The van der Waals surface area contributed by atoms with Gasteiger partial charge in [0, 0.05) is 13.6 Å². The van der Waals surface area contributed by atoms with E-state index in [0.29, 0.717) is 0 Å². The van der Waals surface area contributed by atoms with Gasteiger partial charge in [-0.25, -0.2) is 0 Å². The van der Waals surface area contributed by atoms with Crippen LogP contribution in [0.2, 0.25) is 0 Å². The zero-order valence-corrected chi connectivity index (χ0v) is 12.0. The summed E-state index contributed by atoms with van der Waals surface area (Å²) >= 11 is 0. The highest BCUT2D eigenvalue weighted by Gasteiger charge is 2.27. The Morgan fingerprint density at radius 3 is 2.80 bits per heavy atom. The average Bonchev–Trinajstić information content (AvgIpc) is 2.79. The van der Waals surface area contributed by atoms with E-state index in [2.05, 4.69) is 33.3 Å². The molecule has 5 heteroatoms. The molecular formula is C15H20N4O. The Balaban J connectivity index is 1.86. The van der Waals surface area contributed by atoms with Gasteiger partial charge < -0.3 is 9.67 Å². The molecular weight excluding hydrogens is 252 g/mol. The first-order chi connectivity index (χ1) is 9.70. The van der Waals surface area contributed by atoms with E-state index < -0.39 is 0 Å². The second kappa shape index (κ2) is 5.34. The van der Waals surface area contributed by atoms with Crippen LogP contribution in [-0.2, 0) is 20.0 Å². The van der Waals surface area contributed by atoms with E-state index in [1.807, 2.05) is 24.6 Å². The first-order valence-electron chi connectivity index (χ1n) is 6.98. The van der Waals surface area contributed by atoms with Crippen molar-refractivity contribution in [1.29, 1.82) is 0 Å². The minimum absolute atomic E-state index is 0.0527. The zero-order valence-electron chi connectivity index (χ0n) is 12.0. The van der Waals surface area contributed by atoms with Gasteiger partial charge in [-0.2, -0.15) is 0 Å². The van der Waals surface area contributed by atoms with Gasteiger partial charge >= 0.3 is 0 Å². The van der Waals surface area contributed by atoms with Crippen LogP contribution in [0.15, 0.2) is 24.3 Å². The van der Waals surface area contributed by atoms with Crippen LogP contribution in [0.4, 0.5) is 0 Å². The topological polar surface area (TPSA) is 54.2 Å². The highest BCUT2D eigenvalue weighted by molar-refractivity contribution is 5.32. The Morgan fingerprint density at radius 1 is 1.30 bits per heavy atom. The lowest BCUT2D eigenvalue weighted by atomic mass is 9.93. The summed E-state index contributed by atoms with van der Waals surface area (Å²) in [5.41, 5.74) is 2.58. The molecule has 0 amide bonds. The molecule has 0 radical (unpaired) electrons. The summed E-state index contributed by atoms with van der Waals surface area (Å²) in [4.78, 5) is 2.28. The summed E-state index contributed by atoms with van der Waals surface area (Å²) in [6.07, 6.45) is 1.02. The van der Waals surface area contributed by atoms with Crippen molar-refractivity contribution in [3.8, 4) is 0 Å². The summed E-state index contributed by atoms with van der Waals surface area (Å²) in [6, 6.07) is 8.43. The molecule has 1 atom stereocenters. The minimum Gasteiger partial charge on any atom is -0.394 e. The molecule has 1 aromatic heterocycles. The number of aliphatic hydroxyl groups excluding tert-OH is 1. The van der Waals surface area contributed by atoms with Crippen LogP contribution in [0.1, 0.15) is 28.8 Å². The molecule has 1 aliphatic heterocycles. The molecule has 1 unspecified atom stereocenters. The molecule has 0 saturated carbocycles. The van der Waals surface area contributed by atoms with Crippen LogP contribution in [0.3, 0.4) is 0 Å². The molecule has 0 fully saturated rings. The van der Waals surface area contributed by atoms with Gasteiger partial charge in [0.1, 0.15) is 11.6 Å². The maximum atomic E-state index is 9.78. The number of benzene rings is 1. The molecule has 0 bridgehead atoms. The van der Waals surface area contributed by atoms with Crippen LogP contribution >= 0.6 is 0 Å². The minimum atomic E-state index is 0.0527. The number of aliphatic hydroxyl groups is 1. The lowest BCUT2D eigenvalue weighted by molar-refractivity contribution is 0.105. The molecule has 1 aromatic carbocycles. The van der Waals surface area contributed by atoms with Crippen molar-refractivity contribution in [3.05, 3.63) is 47.0 Å². The quantitative estimate of drug-likeness (QED) is 0.912. The molecule has 1 aliphatic rings. The summed E-state index contributed by atoms with van der Waals surface area (Å²) < 4.78 is 2.01. The third kappa shape index (κ3) is 2.23. The normalized spacial score (nSPS) is 19.1. The zero-order chi connectivity index (χ0) is 14.1. The van der Waals surface area contributed by atoms with Crippen molar-refractivity contribution in [2.75, 3.05) is 13.2 Å². The first kappa shape index (κ1) is 13.3. The van der Waals surface area contributed by atoms with Gasteiger partial charge in [-0.05, 0) is 24.5 Å². The SMILES string of the molecule is Cc1nnc(CN2CCc3ccccc3C2CO)n1C. The summed E-state index contributed by atoms with van der Waals surface area (Å²) in [5, 5.41) is 18.1. The second-order valence-electron chi connectivity index (χ2n) is 5.34. The van der Waals surface area contributed by atoms with Crippen molar-refractivity contribution < 1.29 is 5.11 Å². The molecule has 2 heterocycles. The number of hydrogen-bond acceptors (Lipinski definition) is 4. The summed E-state index contributed by atoms with van der Waals surface area (Å²) in [5.74, 6) is 1.86. The van der Waals surface area contributed by atoms with Gasteiger partial charge in [-0.3, -0.25) is 4.90 Å². The highest BCUT2D eigenvalue weighted by Crippen LogP contribution is 2.30. The molecule has 0 spiro atoms. The number of hydrogen-bond donors (Lipinski definition) is 1. The van der Waals surface area contributed by atoms with E-state index in [4.69, 9.17) is 0 Å². The molecule has 1 N–H and O–H groups in total. The number of nitrogens with zero attached hydrogens (tertiary/aromatic N) is 4. The Hall–Kier alpha value is -1.72. The van der Waals surface area contributed by atoms with Crippen molar-refractivity contribution in [2.45, 2.75) is 25.9 Å². The highest BCUT2D eigenvalue weighted by atomic mass is 16.3. The number of rotatable bonds is 3. The maximum absolute atomic E-state index is 9.78. The average molecular weight is 272 g/mol. The van der Waals surface area contributed by atoms with Crippen molar-refractivity contribution in [3.63, 3.8) is 0 Å². The van der Waals surface area contributed by atoms with Crippen molar-refractivity contribution in [1.82, 2.24) is 19.7 Å². The third-order valence-corrected chi connectivity index (χ3v) is 4.22. The van der Waals surface area contributed by atoms with Crippen LogP contribution < -0.4 is 0 Å². The number of aryl methyl sites for hydroxylation is 1. The molecule has 0 saturated heterocycles. The second-order valence-corrected chi connectivity index (χ2v) is 5.34. The Bertz CT molecular complexity index is 608. The van der Waals surface area contributed by atoms with E-state index in [1.54, 1.807) is 0 Å². The summed E-state index contributed by atoms with van der Waals surface area (Å²) in [7, 11) is 1.98. The monoisotopic (exact) mass is 272 g/mol. The van der Waals surface area contributed by atoms with Gasteiger partial charge in [0.2, 0.25) is 0 Å². The van der Waals surface area contributed by atoms with Gasteiger partial charge in [0.25, 0.3) is 0 Å². The Morgan fingerprint density at radius 2 is 2.10 bits per heavy atom. The lowest BCUT2D eigenvalue weighted by Gasteiger charge is -2.35. The first-order valence-corrected chi connectivity index (χ1v) is 6.98. The molecule has 106 valence electrons. The predicted octanol–water partition coefficient (Wildman–Crippen LogP) is 1.22. The standard InChI is InChI=1S/C15H20N4O/c1-11-16-17-15(18(11)2)9-19-8-7-12-5-3-4-6-13(12)14(19)10-20/h3-6,14,20H,7-10H2,1-2H3. The van der Waals surface area contributed by atoms with Crippen LogP contribution in [0.25, 0.3) is 0 Å². The van der Waals surface area contributed by atoms with E-state index >= 15 is 0 Å². The fourth-order valence-electron chi connectivity index (χ4n) is 2.88. The van der Waals surface area contributed by atoms with E-state index in [0.717, 1.165) is 31.2 Å². The van der Waals surface area contributed by atoms with E-state index in [9.17, 15) is 5.11 Å². The van der Waals surface area contributed by atoms with Gasteiger partial charge in [0.15, 0.2) is 0 Å². The molecule has 20 heavy (non-hydrogen) atoms. The van der Waals surface area contributed by atoms with Crippen molar-refractivity contribution >= 4 is 0 Å². The summed E-state index contributed by atoms with van der Waals surface area (Å²) in [6.45, 7) is 3.74. The fraction of sp³-hybridized carbons (Fsp3) is 0.467. The van der Waals surface area contributed by atoms with Gasteiger partial charge in [0.05, 0.1) is 19.2 Å². The predicted molar refractivity (Wildman–Crippen MR) is 76.1 cm³/mol. The Kier molecular flexibility index (Phi) is 3.54. The smallest absolute Gasteiger partial charge is 0.146 e. The number of fused-ring (bicyclic) bond motifs is 1. The number of aromatic nitrogens is 3.